The Hall–Kier alpha value is -2.41. The first-order valence-electron chi connectivity index (χ1n) is 8.67. The van der Waals surface area contributed by atoms with Gasteiger partial charge in [-0.05, 0) is 50.4 Å². The lowest BCUT2D eigenvalue weighted by molar-refractivity contribution is -0.128. The topological polar surface area (TPSA) is 104 Å². The zero-order valence-corrected chi connectivity index (χ0v) is 14.8. The van der Waals surface area contributed by atoms with Gasteiger partial charge in [0.2, 0.25) is 11.8 Å². The van der Waals surface area contributed by atoms with Crippen LogP contribution in [-0.4, -0.2) is 46.3 Å². The van der Waals surface area contributed by atoms with Crippen molar-refractivity contribution in [3.63, 3.8) is 0 Å². The molecule has 1 aromatic heterocycles. The molecule has 0 unspecified atom stereocenters. The number of hydrogen-bond donors (Lipinski definition) is 3. The SMILES string of the molecule is Cc1ccc2[nH]c(CNC(=O)[C@H]3CCCN(CC(N)=O)C3)nc2c1C. The van der Waals surface area contributed by atoms with Gasteiger partial charge in [0.15, 0.2) is 0 Å². The number of imidazole rings is 1. The van der Waals surface area contributed by atoms with Crippen LogP contribution in [0.15, 0.2) is 12.1 Å². The summed E-state index contributed by atoms with van der Waals surface area (Å²) in [6.45, 7) is 6.09. The zero-order chi connectivity index (χ0) is 18.0. The van der Waals surface area contributed by atoms with Crippen molar-refractivity contribution >= 4 is 22.8 Å². The fourth-order valence-electron chi connectivity index (χ4n) is 3.40. The van der Waals surface area contributed by atoms with E-state index in [9.17, 15) is 9.59 Å². The smallest absolute Gasteiger partial charge is 0.231 e. The van der Waals surface area contributed by atoms with Crippen LogP contribution in [0.25, 0.3) is 11.0 Å². The highest BCUT2D eigenvalue weighted by molar-refractivity contribution is 5.81. The molecule has 0 saturated carbocycles. The highest BCUT2D eigenvalue weighted by atomic mass is 16.2. The molecule has 1 aliphatic rings. The second-order valence-electron chi connectivity index (χ2n) is 6.85. The van der Waals surface area contributed by atoms with E-state index < -0.39 is 0 Å². The van der Waals surface area contributed by atoms with E-state index in [1.807, 2.05) is 11.0 Å². The number of amides is 2. The van der Waals surface area contributed by atoms with Gasteiger partial charge in [-0.3, -0.25) is 14.5 Å². The maximum Gasteiger partial charge on any atom is 0.231 e. The van der Waals surface area contributed by atoms with Crippen molar-refractivity contribution in [3.05, 3.63) is 29.1 Å². The maximum atomic E-state index is 12.4. The second-order valence-corrected chi connectivity index (χ2v) is 6.85. The Bertz CT molecular complexity index is 798. The summed E-state index contributed by atoms with van der Waals surface area (Å²) < 4.78 is 0. The summed E-state index contributed by atoms with van der Waals surface area (Å²) >= 11 is 0. The number of carbonyl (C=O) groups excluding carboxylic acids is 2. The molecule has 0 radical (unpaired) electrons. The lowest BCUT2D eigenvalue weighted by atomic mass is 9.97. The number of hydrogen-bond acceptors (Lipinski definition) is 4. The third-order valence-corrected chi connectivity index (χ3v) is 4.91. The van der Waals surface area contributed by atoms with Crippen molar-refractivity contribution in [2.45, 2.75) is 33.2 Å². The zero-order valence-electron chi connectivity index (χ0n) is 14.8. The summed E-state index contributed by atoms with van der Waals surface area (Å²) in [6.07, 6.45) is 1.73. The normalized spacial score (nSPS) is 18.4. The van der Waals surface area contributed by atoms with Crippen molar-refractivity contribution in [2.24, 2.45) is 11.7 Å². The molecule has 4 N–H and O–H groups in total. The average molecular weight is 343 g/mol. The predicted molar refractivity (Wildman–Crippen MR) is 95.8 cm³/mol. The minimum absolute atomic E-state index is 0.00234. The Morgan fingerprint density at radius 3 is 2.96 bits per heavy atom. The lowest BCUT2D eigenvalue weighted by Gasteiger charge is -2.30. The predicted octanol–water partition coefficient (Wildman–Crippen LogP) is 0.993. The van der Waals surface area contributed by atoms with E-state index in [0.29, 0.717) is 13.1 Å². The van der Waals surface area contributed by atoms with Crippen LogP contribution in [0.5, 0.6) is 0 Å². The molecule has 0 spiro atoms. The molecule has 2 aromatic rings. The van der Waals surface area contributed by atoms with Gasteiger partial charge >= 0.3 is 0 Å². The molecular formula is C18H25N5O2. The number of aromatic nitrogens is 2. The molecule has 25 heavy (non-hydrogen) atoms. The number of aromatic amines is 1. The Kier molecular flexibility index (Phi) is 5.03. The van der Waals surface area contributed by atoms with Crippen molar-refractivity contribution in [2.75, 3.05) is 19.6 Å². The van der Waals surface area contributed by atoms with Crippen molar-refractivity contribution in [1.82, 2.24) is 20.2 Å². The van der Waals surface area contributed by atoms with Crippen LogP contribution >= 0.6 is 0 Å². The van der Waals surface area contributed by atoms with E-state index in [0.717, 1.165) is 41.8 Å². The monoisotopic (exact) mass is 343 g/mol. The van der Waals surface area contributed by atoms with Crippen LogP contribution in [0.1, 0.15) is 29.8 Å². The standard InChI is InChI=1S/C18H25N5O2/c1-11-5-6-14-17(12(11)2)22-16(21-14)8-20-18(25)13-4-3-7-23(9-13)10-15(19)24/h5-6,13H,3-4,7-10H2,1-2H3,(H2,19,24)(H,20,25)(H,21,22)/t13-/m0/s1. The number of fused-ring (bicyclic) bond motifs is 1. The van der Waals surface area contributed by atoms with E-state index in [4.69, 9.17) is 5.73 Å². The van der Waals surface area contributed by atoms with E-state index in [1.165, 1.54) is 5.56 Å². The number of primary amides is 1. The van der Waals surface area contributed by atoms with E-state index in [1.54, 1.807) is 0 Å². The maximum absolute atomic E-state index is 12.4. The fraction of sp³-hybridized carbons (Fsp3) is 0.500. The van der Waals surface area contributed by atoms with Crippen LogP contribution in [0.2, 0.25) is 0 Å². The number of nitrogens with one attached hydrogen (secondary N) is 2. The van der Waals surface area contributed by atoms with Gasteiger partial charge in [-0.25, -0.2) is 4.98 Å². The van der Waals surface area contributed by atoms with Crippen molar-refractivity contribution in [3.8, 4) is 0 Å². The highest BCUT2D eigenvalue weighted by Gasteiger charge is 2.26. The molecule has 1 atom stereocenters. The number of carbonyl (C=O) groups is 2. The van der Waals surface area contributed by atoms with Gasteiger partial charge in [0, 0.05) is 6.54 Å². The molecule has 134 valence electrons. The van der Waals surface area contributed by atoms with E-state index in [-0.39, 0.29) is 24.3 Å². The second kappa shape index (κ2) is 7.23. The molecule has 2 amide bonds. The molecule has 1 saturated heterocycles. The van der Waals surface area contributed by atoms with E-state index >= 15 is 0 Å². The summed E-state index contributed by atoms with van der Waals surface area (Å²) in [4.78, 5) is 33.3. The van der Waals surface area contributed by atoms with Gasteiger partial charge in [-0.2, -0.15) is 0 Å². The molecule has 0 aliphatic carbocycles. The summed E-state index contributed by atoms with van der Waals surface area (Å²) in [5.41, 5.74) is 9.54. The first-order chi connectivity index (χ1) is 11.9. The minimum atomic E-state index is -0.353. The third-order valence-electron chi connectivity index (χ3n) is 4.91. The molecule has 1 fully saturated rings. The van der Waals surface area contributed by atoms with Gasteiger partial charge in [0.25, 0.3) is 0 Å². The number of piperidine rings is 1. The number of likely N-dealkylation sites (tertiary alicyclic amines) is 1. The number of nitrogens with two attached hydrogens (primary N) is 1. The average Bonchev–Trinajstić information content (AvgIpc) is 3.00. The largest absolute Gasteiger partial charge is 0.369 e. The van der Waals surface area contributed by atoms with Crippen LogP contribution in [0.3, 0.4) is 0 Å². The third kappa shape index (κ3) is 3.99. The van der Waals surface area contributed by atoms with Gasteiger partial charge in [0.1, 0.15) is 5.82 Å². The quantitative estimate of drug-likeness (QED) is 0.753. The molecule has 2 heterocycles. The van der Waals surface area contributed by atoms with Crippen LogP contribution in [-0.2, 0) is 16.1 Å². The number of benzene rings is 1. The van der Waals surface area contributed by atoms with E-state index in [2.05, 4.69) is 35.2 Å². The molecule has 7 heteroatoms. The molecule has 1 aromatic carbocycles. The van der Waals surface area contributed by atoms with Gasteiger partial charge in [-0.1, -0.05) is 6.07 Å². The molecule has 1 aliphatic heterocycles. The molecule has 3 rings (SSSR count). The van der Waals surface area contributed by atoms with Gasteiger partial charge in [0.05, 0.1) is 30.0 Å². The van der Waals surface area contributed by atoms with Crippen LogP contribution in [0.4, 0.5) is 0 Å². The Balaban J connectivity index is 1.60. The summed E-state index contributed by atoms with van der Waals surface area (Å²) in [7, 11) is 0. The number of rotatable bonds is 5. The number of aryl methyl sites for hydroxylation is 2. The summed E-state index contributed by atoms with van der Waals surface area (Å²) in [5.74, 6) is 0.292. The first kappa shape index (κ1) is 17.4. The van der Waals surface area contributed by atoms with Gasteiger partial charge < -0.3 is 16.0 Å². The minimum Gasteiger partial charge on any atom is -0.369 e. The van der Waals surface area contributed by atoms with Crippen LogP contribution in [0, 0.1) is 19.8 Å². The highest BCUT2D eigenvalue weighted by Crippen LogP contribution is 2.20. The van der Waals surface area contributed by atoms with Crippen molar-refractivity contribution < 1.29 is 9.59 Å². The van der Waals surface area contributed by atoms with Crippen LogP contribution < -0.4 is 11.1 Å². The molecular weight excluding hydrogens is 318 g/mol. The molecule has 0 bridgehead atoms. The summed E-state index contributed by atoms with van der Waals surface area (Å²) in [5, 5.41) is 2.96. The number of H-pyrrole nitrogens is 1. The molecule has 7 nitrogen and oxygen atoms in total. The Labute approximate surface area is 147 Å². The Morgan fingerprint density at radius 2 is 2.20 bits per heavy atom. The fourth-order valence-corrected chi connectivity index (χ4v) is 3.40. The summed E-state index contributed by atoms with van der Waals surface area (Å²) in [6, 6.07) is 4.08. The first-order valence-corrected chi connectivity index (χ1v) is 8.67. The van der Waals surface area contributed by atoms with Crippen molar-refractivity contribution in [1.29, 1.82) is 0 Å². The Morgan fingerprint density at radius 1 is 1.40 bits per heavy atom. The van der Waals surface area contributed by atoms with Gasteiger partial charge in [-0.15, -0.1) is 0 Å². The lowest BCUT2D eigenvalue weighted by Crippen LogP contribution is -2.45. The number of nitrogens with zero attached hydrogens (tertiary/aromatic N) is 2.